The Bertz CT molecular complexity index is 926. The van der Waals surface area contributed by atoms with Crippen LogP contribution in [0.25, 0.3) is 6.08 Å². The Labute approximate surface area is 171 Å². The molecule has 1 amide bonds. The van der Waals surface area contributed by atoms with Gasteiger partial charge < -0.3 is 14.4 Å². The summed E-state index contributed by atoms with van der Waals surface area (Å²) in [6, 6.07) is 15.4. The molecule has 0 unspecified atom stereocenters. The van der Waals surface area contributed by atoms with Crippen molar-refractivity contribution in [3.63, 3.8) is 0 Å². The summed E-state index contributed by atoms with van der Waals surface area (Å²) in [5.74, 6) is -3.06. The number of β-lactam (4-membered cyclic amide) rings is 1. The molecule has 0 spiro atoms. The van der Waals surface area contributed by atoms with Crippen molar-refractivity contribution >= 4 is 23.6 Å². The molecule has 1 aliphatic rings. The third-order valence-electron chi connectivity index (χ3n) is 4.85. The van der Waals surface area contributed by atoms with Crippen molar-refractivity contribution < 1.29 is 32.2 Å². The van der Waals surface area contributed by atoms with E-state index in [0.717, 1.165) is 5.56 Å². The molecule has 0 N–H and O–H groups in total. The van der Waals surface area contributed by atoms with E-state index in [1.165, 1.54) is 18.9 Å². The van der Waals surface area contributed by atoms with E-state index >= 15 is 0 Å². The van der Waals surface area contributed by atoms with Gasteiger partial charge in [0.1, 0.15) is 11.9 Å². The Hall–Kier alpha value is -3.29. The predicted octanol–water partition coefficient (Wildman–Crippen LogP) is 4.23. The van der Waals surface area contributed by atoms with Crippen molar-refractivity contribution in [2.75, 3.05) is 12.0 Å². The highest BCUT2D eigenvalue weighted by molar-refractivity contribution is 6.04. The summed E-state index contributed by atoms with van der Waals surface area (Å²) in [6.45, 7) is 1.29. The first-order valence-corrected chi connectivity index (χ1v) is 9.20. The normalized spacial score (nSPS) is 20.0. The molecule has 2 aromatic carbocycles. The number of rotatable bonds is 6. The van der Waals surface area contributed by atoms with Crippen LogP contribution >= 0.6 is 0 Å². The highest BCUT2D eigenvalue weighted by atomic mass is 19.4. The van der Waals surface area contributed by atoms with Crippen LogP contribution in [0.5, 0.6) is 5.75 Å². The third-order valence-corrected chi connectivity index (χ3v) is 4.85. The van der Waals surface area contributed by atoms with E-state index in [-0.39, 0.29) is 0 Å². The van der Waals surface area contributed by atoms with Crippen LogP contribution in [0.2, 0.25) is 0 Å². The van der Waals surface area contributed by atoms with Gasteiger partial charge in [-0.25, -0.2) is 4.79 Å². The summed E-state index contributed by atoms with van der Waals surface area (Å²) < 4.78 is 47.4. The molecule has 0 aromatic heterocycles. The summed E-state index contributed by atoms with van der Waals surface area (Å²) in [6.07, 6.45) is -2.86. The minimum Gasteiger partial charge on any atom is -0.497 e. The standard InChI is InChI=1S/C22H20F3NO4/c1-14(30-21(28)22(23,24)25)19-18(13-8-15-6-4-3-5-7-15)26(20(19)27)16-9-11-17(29-2)12-10-16/h3-14,18-19H,1-2H3/b13-8+/t14-,18-,19+/m0/s1. The van der Waals surface area contributed by atoms with Crippen LogP contribution in [0, 0.1) is 5.92 Å². The molecule has 2 aromatic rings. The second-order valence-electron chi connectivity index (χ2n) is 6.80. The van der Waals surface area contributed by atoms with Crippen molar-refractivity contribution in [1.29, 1.82) is 0 Å². The molecule has 30 heavy (non-hydrogen) atoms. The highest BCUT2D eigenvalue weighted by Crippen LogP contribution is 2.38. The largest absolute Gasteiger partial charge is 0.497 e. The van der Waals surface area contributed by atoms with Gasteiger partial charge >= 0.3 is 12.1 Å². The van der Waals surface area contributed by atoms with E-state index in [2.05, 4.69) is 4.74 Å². The fourth-order valence-electron chi connectivity index (χ4n) is 3.34. The zero-order chi connectivity index (χ0) is 21.9. The molecule has 158 valence electrons. The van der Waals surface area contributed by atoms with E-state index in [1.807, 2.05) is 30.3 Å². The number of alkyl halides is 3. The fraction of sp³-hybridized carbons (Fsp3) is 0.273. The van der Waals surface area contributed by atoms with E-state index in [9.17, 15) is 22.8 Å². The molecule has 1 saturated heterocycles. The average Bonchev–Trinajstić information content (AvgIpc) is 2.71. The van der Waals surface area contributed by atoms with Gasteiger partial charge in [-0.1, -0.05) is 42.5 Å². The van der Waals surface area contributed by atoms with Gasteiger partial charge in [-0.2, -0.15) is 13.2 Å². The zero-order valence-corrected chi connectivity index (χ0v) is 16.3. The smallest absolute Gasteiger partial charge is 0.490 e. The van der Waals surface area contributed by atoms with Gasteiger partial charge in [0, 0.05) is 5.69 Å². The number of anilines is 1. The number of benzene rings is 2. The lowest BCUT2D eigenvalue weighted by atomic mass is 9.82. The Kier molecular flexibility index (Phi) is 6.14. The molecule has 1 heterocycles. The van der Waals surface area contributed by atoms with Gasteiger partial charge in [0.25, 0.3) is 0 Å². The van der Waals surface area contributed by atoms with Crippen LogP contribution in [0.15, 0.2) is 60.7 Å². The Morgan fingerprint density at radius 1 is 1.10 bits per heavy atom. The Morgan fingerprint density at radius 3 is 2.30 bits per heavy atom. The SMILES string of the molecule is COc1ccc(N2C(=O)[C@H]([C@H](C)OC(=O)C(F)(F)F)[C@@H]2/C=C/c2ccccc2)cc1. The second-order valence-corrected chi connectivity index (χ2v) is 6.80. The number of esters is 1. The summed E-state index contributed by atoms with van der Waals surface area (Å²) >= 11 is 0. The van der Waals surface area contributed by atoms with Crippen molar-refractivity contribution in [3.8, 4) is 5.75 Å². The van der Waals surface area contributed by atoms with Gasteiger partial charge in [-0.05, 0) is 36.8 Å². The van der Waals surface area contributed by atoms with Crippen molar-refractivity contribution in [3.05, 3.63) is 66.2 Å². The van der Waals surface area contributed by atoms with Gasteiger partial charge in [-0.15, -0.1) is 0 Å². The van der Waals surface area contributed by atoms with Gasteiger partial charge in [-0.3, -0.25) is 4.79 Å². The van der Waals surface area contributed by atoms with Crippen molar-refractivity contribution in [1.82, 2.24) is 0 Å². The quantitative estimate of drug-likeness (QED) is 0.519. The summed E-state index contributed by atoms with van der Waals surface area (Å²) in [5, 5.41) is 0. The van der Waals surface area contributed by atoms with Crippen LogP contribution in [0.3, 0.4) is 0 Å². The van der Waals surface area contributed by atoms with E-state index < -0.39 is 36.1 Å². The number of hydrogen-bond acceptors (Lipinski definition) is 4. The topological polar surface area (TPSA) is 55.8 Å². The lowest BCUT2D eigenvalue weighted by Crippen LogP contribution is -2.64. The summed E-state index contributed by atoms with van der Waals surface area (Å²) in [7, 11) is 1.52. The molecule has 0 saturated carbocycles. The minimum atomic E-state index is -5.12. The van der Waals surface area contributed by atoms with Gasteiger partial charge in [0.2, 0.25) is 5.91 Å². The van der Waals surface area contributed by atoms with Crippen LogP contribution in [0.1, 0.15) is 12.5 Å². The van der Waals surface area contributed by atoms with Gasteiger partial charge in [0.15, 0.2) is 0 Å². The number of nitrogens with zero attached hydrogens (tertiary/aromatic N) is 1. The van der Waals surface area contributed by atoms with Crippen LogP contribution in [-0.2, 0) is 14.3 Å². The maximum atomic E-state index is 12.8. The molecule has 3 rings (SSSR count). The molecule has 0 radical (unpaired) electrons. The molecular formula is C22H20F3NO4. The second kappa shape index (κ2) is 8.61. The number of ether oxygens (including phenoxy) is 2. The molecule has 5 nitrogen and oxygen atoms in total. The zero-order valence-electron chi connectivity index (χ0n) is 16.3. The lowest BCUT2D eigenvalue weighted by Gasteiger charge is -2.47. The number of methoxy groups -OCH3 is 1. The van der Waals surface area contributed by atoms with Crippen LogP contribution < -0.4 is 9.64 Å². The van der Waals surface area contributed by atoms with Gasteiger partial charge in [0.05, 0.1) is 19.1 Å². The van der Waals surface area contributed by atoms with Crippen LogP contribution in [-0.4, -0.2) is 37.3 Å². The number of amides is 1. The van der Waals surface area contributed by atoms with Crippen molar-refractivity contribution in [2.24, 2.45) is 5.92 Å². The first-order valence-electron chi connectivity index (χ1n) is 9.20. The highest BCUT2D eigenvalue weighted by Gasteiger charge is 2.52. The summed E-state index contributed by atoms with van der Waals surface area (Å²) in [5.41, 5.74) is 1.43. The van der Waals surface area contributed by atoms with Crippen LogP contribution in [0.4, 0.5) is 18.9 Å². The first-order chi connectivity index (χ1) is 14.2. The number of carbonyl (C=O) groups excluding carboxylic acids is 2. The van der Waals surface area contributed by atoms with E-state index in [4.69, 9.17) is 4.74 Å². The molecule has 8 heteroatoms. The molecule has 0 bridgehead atoms. The Balaban J connectivity index is 1.86. The van der Waals surface area contributed by atoms with E-state index in [1.54, 1.807) is 36.4 Å². The molecule has 1 aliphatic heterocycles. The minimum absolute atomic E-state index is 0.426. The number of carbonyl (C=O) groups is 2. The first kappa shape index (κ1) is 21.4. The maximum absolute atomic E-state index is 12.8. The van der Waals surface area contributed by atoms with Crippen molar-refractivity contribution in [2.45, 2.75) is 25.2 Å². The Morgan fingerprint density at radius 2 is 1.73 bits per heavy atom. The fourth-order valence-corrected chi connectivity index (χ4v) is 3.34. The summed E-state index contributed by atoms with van der Waals surface area (Å²) in [4.78, 5) is 25.5. The monoisotopic (exact) mass is 419 g/mol. The predicted molar refractivity (Wildman–Crippen MR) is 105 cm³/mol. The lowest BCUT2D eigenvalue weighted by molar-refractivity contribution is -0.207. The molecule has 1 fully saturated rings. The third kappa shape index (κ3) is 4.48. The molecular weight excluding hydrogens is 399 g/mol. The number of hydrogen-bond donors (Lipinski definition) is 0. The maximum Gasteiger partial charge on any atom is 0.490 e. The van der Waals surface area contributed by atoms with E-state index in [0.29, 0.717) is 11.4 Å². The molecule has 3 atom stereocenters. The number of halogens is 3. The average molecular weight is 419 g/mol. The molecule has 0 aliphatic carbocycles.